The second kappa shape index (κ2) is 12.7. The fourth-order valence-corrected chi connectivity index (χ4v) is 6.28. The maximum absolute atomic E-state index is 12.7. The van der Waals surface area contributed by atoms with Crippen LogP contribution in [0.3, 0.4) is 0 Å². The van der Waals surface area contributed by atoms with E-state index in [0.29, 0.717) is 37.6 Å². The number of para-hydroxylation sites is 1. The third-order valence-electron chi connectivity index (χ3n) is 5.73. The molecule has 0 atom stereocenters. The highest BCUT2D eigenvalue weighted by Crippen LogP contribution is 2.22. The molecule has 0 unspecified atom stereocenters. The molecule has 0 bridgehead atoms. The van der Waals surface area contributed by atoms with Crippen molar-refractivity contribution in [1.82, 2.24) is 9.47 Å². The molecule has 0 saturated carbocycles. The summed E-state index contributed by atoms with van der Waals surface area (Å²) in [6, 6.07) is 16.3. The van der Waals surface area contributed by atoms with Gasteiger partial charge in [0.05, 0.1) is 28.3 Å². The van der Waals surface area contributed by atoms with Gasteiger partial charge >= 0.3 is 0 Å². The minimum atomic E-state index is -0.229. The molecule has 2 amide bonds. The Balaban J connectivity index is 1.31. The summed E-state index contributed by atoms with van der Waals surface area (Å²) in [7, 11) is 0. The summed E-state index contributed by atoms with van der Waals surface area (Å²) >= 11 is 6.33. The van der Waals surface area contributed by atoms with Gasteiger partial charge in [0.25, 0.3) is 5.91 Å². The van der Waals surface area contributed by atoms with Gasteiger partial charge in [0.1, 0.15) is 0 Å². The number of thiazole rings is 1. The minimum Gasteiger partial charge on any atom is -0.380 e. The smallest absolute Gasteiger partial charge is 0.258 e. The van der Waals surface area contributed by atoms with Crippen molar-refractivity contribution in [1.29, 1.82) is 0 Å². The van der Waals surface area contributed by atoms with E-state index >= 15 is 0 Å². The molecule has 1 saturated heterocycles. The van der Waals surface area contributed by atoms with Gasteiger partial charge in [-0.25, -0.2) is 0 Å². The first-order valence-electron chi connectivity index (χ1n) is 11.6. The Bertz CT molecular complexity index is 1220. The summed E-state index contributed by atoms with van der Waals surface area (Å²) in [5.41, 5.74) is 2.22. The molecule has 1 aromatic heterocycles. The predicted molar refractivity (Wildman–Crippen MR) is 147 cm³/mol. The Morgan fingerprint density at radius 2 is 1.86 bits per heavy atom. The average molecular weight is 578 g/mol. The third-order valence-corrected chi connectivity index (χ3v) is 8.17. The number of amides is 2. The number of benzene rings is 2. The van der Waals surface area contributed by atoms with Gasteiger partial charge < -0.3 is 19.1 Å². The number of piperazine rings is 1. The van der Waals surface area contributed by atoms with Crippen molar-refractivity contribution in [3.05, 3.63) is 57.8 Å². The molecule has 4 rings (SSSR count). The Morgan fingerprint density at radius 1 is 1.09 bits per heavy atom. The zero-order valence-electron chi connectivity index (χ0n) is 19.7. The summed E-state index contributed by atoms with van der Waals surface area (Å²) in [6.45, 7) is 6.82. The molecule has 10 heteroatoms. The predicted octanol–water partition coefficient (Wildman–Crippen LogP) is 4.01. The van der Waals surface area contributed by atoms with Gasteiger partial charge in [-0.05, 0) is 37.3 Å². The number of halogens is 1. The molecular formula is C25H29BrN4O3S2. The largest absolute Gasteiger partial charge is 0.380 e. The van der Waals surface area contributed by atoms with Gasteiger partial charge in [0, 0.05) is 49.5 Å². The van der Waals surface area contributed by atoms with Crippen LogP contribution in [0, 0.1) is 0 Å². The van der Waals surface area contributed by atoms with Crippen LogP contribution in [0.25, 0.3) is 10.2 Å². The number of carbonyl (C=O) groups is 2. The van der Waals surface area contributed by atoms with Crippen LogP contribution in [0.15, 0.2) is 58.0 Å². The molecule has 0 aliphatic carbocycles. The van der Waals surface area contributed by atoms with E-state index in [9.17, 15) is 9.59 Å². The lowest BCUT2D eigenvalue weighted by molar-refractivity contribution is -0.128. The van der Waals surface area contributed by atoms with Crippen molar-refractivity contribution in [3.63, 3.8) is 0 Å². The fraction of sp³-hybridized carbons (Fsp3) is 0.400. The van der Waals surface area contributed by atoms with E-state index in [1.807, 2.05) is 52.8 Å². The number of rotatable bonds is 9. The standard InChI is InChI=1S/C25H29BrN4O3S2/c1-2-33-15-14-30-21-9-8-19(26)16-22(21)35-25(30)27-23(31)17-34-18-24(32)29-12-10-28(11-13-29)20-6-4-3-5-7-20/h3-9,16H,2,10-15,17-18H2,1H3. The number of aromatic nitrogens is 1. The highest BCUT2D eigenvalue weighted by atomic mass is 79.9. The Labute approximate surface area is 221 Å². The van der Waals surface area contributed by atoms with Crippen molar-refractivity contribution in [2.45, 2.75) is 13.5 Å². The Kier molecular flexibility index (Phi) is 9.42. The van der Waals surface area contributed by atoms with E-state index in [1.165, 1.54) is 28.8 Å². The lowest BCUT2D eigenvalue weighted by atomic mass is 10.2. The summed E-state index contributed by atoms with van der Waals surface area (Å²) < 4.78 is 9.59. The molecule has 2 heterocycles. The van der Waals surface area contributed by atoms with E-state index in [1.54, 1.807) is 0 Å². The molecular weight excluding hydrogens is 548 g/mol. The van der Waals surface area contributed by atoms with Gasteiger partial charge in [0.2, 0.25) is 5.91 Å². The minimum absolute atomic E-state index is 0.0778. The number of carbonyl (C=O) groups excluding carboxylic acids is 2. The average Bonchev–Trinajstić information content (AvgIpc) is 3.20. The number of thioether (sulfide) groups is 1. The van der Waals surface area contributed by atoms with Crippen molar-refractivity contribution < 1.29 is 14.3 Å². The van der Waals surface area contributed by atoms with E-state index in [0.717, 1.165) is 27.8 Å². The lowest BCUT2D eigenvalue weighted by Gasteiger charge is -2.36. The number of anilines is 1. The van der Waals surface area contributed by atoms with E-state index in [-0.39, 0.29) is 23.3 Å². The number of hydrogen-bond acceptors (Lipinski definition) is 6. The summed E-state index contributed by atoms with van der Waals surface area (Å²) in [5.74, 6) is 0.316. The molecule has 0 radical (unpaired) electrons. The zero-order valence-corrected chi connectivity index (χ0v) is 22.9. The SMILES string of the molecule is CCOCCn1c(=NC(=O)CSCC(=O)N2CCN(c3ccccc3)CC2)sc2cc(Br)ccc21. The van der Waals surface area contributed by atoms with Gasteiger partial charge in [-0.3, -0.25) is 9.59 Å². The van der Waals surface area contributed by atoms with Crippen LogP contribution in [0.2, 0.25) is 0 Å². The highest BCUT2D eigenvalue weighted by Gasteiger charge is 2.21. The second-order valence-corrected chi connectivity index (χ2v) is 11.0. The van der Waals surface area contributed by atoms with Gasteiger partial charge in [-0.1, -0.05) is 45.5 Å². The van der Waals surface area contributed by atoms with Crippen LogP contribution in [0.1, 0.15) is 6.92 Å². The van der Waals surface area contributed by atoms with Crippen LogP contribution in [0.4, 0.5) is 5.69 Å². The summed E-state index contributed by atoms with van der Waals surface area (Å²) in [5, 5.41) is 0. The Hall–Kier alpha value is -2.14. The zero-order chi connectivity index (χ0) is 24.6. The van der Waals surface area contributed by atoms with Crippen LogP contribution < -0.4 is 9.70 Å². The first-order valence-corrected chi connectivity index (χ1v) is 14.4. The quantitative estimate of drug-likeness (QED) is 0.360. The van der Waals surface area contributed by atoms with E-state index in [2.05, 4.69) is 38.0 Å². The molecule has 1 fully saturated rings. The van der Waals surface area contributed by atoms with Crippen LogP contribution >= 0.6 is 39.0 Å². The van der Waals surface area contributed by atoms with Crippen molar-refractivity contribution in [2.75, 3.05) is 55.8 Å². The molecule has 186 valence electrons. The van der Waals surface area contributed by atoms with Gasteiger partial charge in [0.15, 0.2) is 4.80 Å². The van der Waals surface area contributed by atoms with Crippen molar-refractivity contribution in [2.24, 2.45) is 4.99 Å². The molecule has 7 nitrogen and oxygen atoms in total. The molecule has 3 aromatic rings. The van der Waals surface area contributed by atoms with Crippen LogP contribution in [-0.4, -0.2) is 72.2 Å². The van der Waals surface area contributed by atoms with Gasteiger partial charge in [-0.2, -0.15) is 4.99 Å². The summed E-state index contributed by atoms with van der Waals surface area (Å²) in [6.07, 6.45) is 0. The second-order valence-electron chi connectivity index (χ2n) is 8.05. The molecule has 1 aliphatic rings. The maximum Gasteiger partial charge on any atom is 0.258 e. The van der Waals surface area contributed by atoms with Crippen molar-refractivity contribution in [3.8, 4) is 0 Å². The topological polar surface area (TPSA) is 67.1 Å². The maximum atomic E-state index is 12.7. The third kappa shape index (κ3) is 6.97. The van der Waals surface area contributed by atoms with Crippen LogP contribution in [-0.2, 0) is 20.9 Å². The van der Waals surface area contributed by atoms with Crippen LogP contribution in [0.5, 0.6) is 0 Å². The highest BCUT2D eigenvalue weighted by molar-refractivity contribution is 9.10. The first-order chi connectivity index (χ1) is 17.0. The first kappa shape index (κ1) is 25.9. The molecule has 0 N–H and O–H groups in total. The van der Waals surface area contributed by atoms with E-state index < -0.39 is 0 Å². The molecule has 2 aromatic carbocycles. The number of hydrogen-bond donors (Lipinski definition) is 0. The molecule has 0 spiro atoms. The van der Waals surface area contributed by atoms with Crippen molar-refractivity contribution >= 4 is 66.7 Å². The normalized spacial score (nSPS) is 14.6. The monoisotopic (exact) mass is 576 g/mol. The van der Waals surface area contributed by atoms with E-state index in [4.69, 9.17) is 4.74 Å². The summed E-state index contributed by atoms with van der Waals surface area (Å²) in [4.78, 5) is 34.5. The molecule has 1 aliphatic heterocycles. The lowest BCUT2D eigenvalue weighted by Crippen LogP contribution is -2.49. The number of nitrogens with zero attached hydrogens (tertiary/aromatic N) is 4. The number of ether oxygens (including phenoxy) is 1. The molecule has 35 heavy (non-hydrogen) atoms. The fourth-order valence-electron chi connectivity index (χ4n) is 3.96. The van der Waals surface area contributed by atoms with Gasteiger partial charge in [-0.15, -0.1) is 11.8 Å². The number of fused-ring (bicyclic) bond motifs is 1. The Morgan fingerprint density at radius 3 is 2.60 bits per heavy atom.